The third kappa shape index (κ3) is 3.15. The van der Waals surface area contributed by atoms with Crippen LogP contribution in [0.5, 0.6) is 0 Å². The fraction of sp³-hybridized carbons (Fsp3) is 0.375. The molecular formula is C24H26ClN3O. The summed E-state index contributed by atoms with van der Waals surface area (Å²) in [6, 6.07) is 17.3. The van der Waals surface area contributed by atoms with Gasteiger partial charge in [-0.25, -0.2) is 0 Å². The van der Waals surface area contributed by atoms with Gasteiger partial charge in [0.15, 0.2) is 0 Å². The summed E-state index contributed by atoms with van der Waals surface area (Å²) in [5.74, 6) is 0.0284. The highest BCUT2D eigenvalue weighted by molar-refractivity contribution is 6.30. The maximum absolute atomic E-state index is 13.6. The van der Waals surface area contributed by atoms with Crippen LogP contribution in [0, 0.1) is 0 Å². The van der Waals surface area contributed by atoms with Crippen molar-refractivity contribution in [1.82, 2.24) is 14.8 Å². The predicted octanol–water partition coefficient (Wildman–Crippen LogP) is 4.85. The van der Waals surface area contributed by atoms with Gasteiger partial charge in [-0.3, -0.25) is 4.79 Å². The molecule has 0 radical (unpaired) electrons. The average Bonchev–Trinajstić information content (AvgIpc) is 3.11. The van der Waals surface area contributed by atoms with Crippen molar-refractivity contribution in [2.45, 2.75) is 43.8 Å². The number of hydrogen-bond donors (Lipinski definition) is 1. The van der Waals surface area contributed by atoms with E-state index in [4.69, 9.17) is 11.6 Å². The van der Waals surface area contributed by atoms with Gasteiger partial charge in [0.1, 0.15) is 0 Å². The van der Waals surface area contributed by atoms with Gasteiger partial charge < -0.3 is 14.8 Å². The van der Waals surface area contributed by atoms with Crippen molar-refractivity contribution in [1.29, 1.82) is 0 Å². The molecule has 5 rings (SSSR count). The normalized spacial score (nSPS) is 24.2. The molecule has 3 aromatic rings. The topological polar surface area (TPSA) is 37.3 Å². The Morgan fingerprint density at radius 1 is 1.00 bits per heavy atom. The lowest BCUT2D eigenvalue weighted by Crippen LogP contribution is -2.48. The number of amides is 1. The molecule has 3 heterocycles. The Morgan fingerprint density at radius 2 is 1.66 bits per heavy atom. The Kier molecular flexibility index (Phi) is 4.64. The number of nitrogens with zero attached hydrogens (tertiary/aromatic N) is 2. The van der Waals surface area contributed by atoms with E-state index < -0.39 is 0 Å². The van der Waals surface area contributed by atoms with Crippen LogP contribution in [0.4, 0.5) is 0 Å². The second-order valence-corrected chi connectivity index (χ2v) is 8.94. The second kappa shape index (κ2) is 7.19. The minimum Gasteiger partial charge on any atom is -0.349 e. The number of fused-ring (bicyclic) bond motifs is 3. The van der Waals surface area contributed by atoms with Crippen LogP contribution in [0.25, 0.3) is 22.2 Å². The maximum Gasteiger partial charge on any atom is 0.254 e. The van der Waals surface area contributed by atoms with E-state index in [1.807, 2.05) is 49.5 Å². The summed E-state index contributed by atoms with van der Waals surface area (Å²) in [4.78, 5) is 16.1. The molecule has 0 saturated carbocycles. The molecule has 2 aromatic carbocycles. The SMILES string of the molecule is CN1C2CCC1CC(NC(=O)c1c(-c3ccc(Cl)cc3)n(C)c3ccccc13)C2. The number of carbonyl (C=O) groups excluding carboxylic acids is 1. The molecule has 2 fully saturated rings. The van der Waals surface area contributed by atoms with Gasteiger partial charge in [0.2, 0.25) is 0 Å². The van der Waals surface area contributed by atoms with Crippen molar-refractivity contribution in [3.05, 3.63) is 59.1 Å². The van der Waals surface area contributed by atoms with E-state index in [0.29, 0.717) is 17.1 Å². The van der Waals surface area contributed by atoms with Gasteiger partial charge in [-0.15, -0.1) is 0 Å². The summed E-state index contributed by atoms with van der Waals surface area (Å²) in [6.07, 6.45) is 4.58. The van der Waals surface area contributed by atoms with Crippen LogP contribution in [0.2, 0.25) is 5.02 Å². The Balaban J connectivity index is 1.54. The number of benzene rings is 2. The highest BCUT2D eigenvalue weighted by Crippen LogP contribution is 2.36. The fourth-order valence-electron chi connectivity index (χ4n) is 5.36. The van der Waals surface area contributed by atoms with Crippen LogP contribution in [0.3, 0.4) is 0 Å². The molecule has 1 aromatic heterocycles. The fourth-order valence-corrected chi connectivity index (χ4v) is 5.48. The van der Waals surface area contributed by atoms with E-state index in [-0.39, 0.29) is 11.9 Å². The standard InChI is InChI=1S/C24H26ClN3O/c1-27-18-11-12-19(27)14-17(13-18)26-24(29)22-20-5-3-4-6-21(20)28(2)23(22)15-7-9-16(25)10-8-15/h3-10,17-19H,11-14H2,1-2H3,(H,26,29). The zero-order valence-electron chi connectivity index (χ0n) is 16.9. The van der Waals surface area contributed by atoms with E-state index in [0.717, 1.165) is 40.6 Å². The molecule has 2 saturated heterocycles. The third-order valence-corrected chi connectivity index (χ3v) is 7.14. The van der Waals surface area contributed by atoms with Crippen LogP contribution < -0.4 is 5.32 Å². The molecule has 1 N–H and O–H groups in total. The average molecular weight is 408 g/mol. The summed E-state index contributed by atoms with van der Waals surface area (Å²) in [6.45, 7) is 0. The Labute approximate surface area is 176 Å². The molecule has 29 heavy (non-hydrogen) atoms. The monoisotopic (exact) mass is 407 g/mol. The van der Waals surface area contributed by atoms with Gasteiger partial charge in [0.25, 0.3) is 5.91 Å². The highest BCUT2D eigenvalue weighted by atomic mass is 35.5. The quantitative estimate of drug-likeness (QED) is 0.673. The molecule has 0 spiro atoms. The van der Waals surface area contributed by atoms with Gasteiger partial charge in [-0.1, -0.05) is 41.9 Å². The van der Waals surface area contributed by atoms with Crippen molar-refractivity contribution in [3.63, 3.8) is 0 Å². The lowest BCUT2D eigenvalue weighted by molar-refractivity contribution is 0.0884. The van der Waals surface area contributed by atoms with Crippen LogP contribution in [-0.4, -0.2) is 40.5 Å². The first kappa shape index (κ1) is 18.7. The van der Waals surface area contributed by atoms with E-state index in [1.54, 1.807) is 0 Å². The zero-order valence-corrected chi connectivity index (χ0v) is 17.6. The first-order chi connectivity index (χ1) is 14.0. The lowest BCUT2D eigenvalue weighted by atomic mass is 9.97. The molecule has 4 nitrogen and oxygen atoms in total. The smallest absolute Gasteiger partial charge is 0.254 e. The minimum atomic E-state index is 0.0284. The minimum absolute atomic E-state index is 0.0284. The summed E-state index contributed by atoms with van der Waals surface area (Å²) >= 11 is 6.10. The zero-order chi connectivity index (χ0) is 20.1. The predicted molar refractivity (Wildman–Crippen MR) is 118 cm³/mol. The Morgan fingerprint density at radius 3 is 2.34 bits per heavy atom. The third-order valence-electron chi connectivity index (χ3n) is 6.89. The number of carbonyl (C=O) groups is 1. The summed E-state index contributed by atoms with van der Waals surface area (Å²) in [5, 5.41) is 5.07. The van der Waals surface area contributed by atoms with E-state index in [9.17, 15) is 4.79 Å². The number of piperidine rings is 1. The molecule has 5 heteroatoms. The first-order valence-electron chi connectivity index (χ1n) is 10.4. The number of halogens is 1. The van der Waals surface area contributed by atoms with Crippen molar-refractivity contribution >= 4 is 28.4 Å². The summed E-state index contributed by atoms with van der Waals surface area (Å²) in [7, 11) is 4.25. The van der Waals surface area contributed by atoms with Crippen LogP contribution >= 0.6 is 11.6 Å². The molecule has 2 aliphatic heterocycles. The van der Waals surface area contributed by atoms with Crippen LogP contribution in [0.1, 0.15) is 36.0 Å². The van der Waals surface area contributed by atoms with Crippen LogP contribution in [0.15, 0.2) is 48.5 Å². The van der Waals surface area contributed by atoms with Gasteiger partial charge in [0.05, 0.1) is 11.3 Å². The number of aromatic nitrogens is 1. The largest absolute Gasteiger partial charge is 0.349 e. The van der Waals surface area contributed by atoms with E-state index >= 15 is 0 Å². The van der Waals surface area contributed by atoms with Crippen molar-refractivity contribution < 1.29 is 4.79 Å². The lowest BCUT2D eigenvalue weighted by Gasteiger charge is -2.36. The van der Waals surface area contributed by atoms with Gasteiger partial charge in [-0.05, 0) is 56.5 Å². The number of hydrogen-bond acceptors (Lipinski definition) is 2. The summed E-state index contributed by atoms with van der Waals surface area (Å²) in [5.41, 5.74) is 3.76. The van der Waals surface area contributed by atoms with E-state index in [2.05, 4.69) is 27.9 Å². The Hall–Kier alpha value is -2.30. The molecule has 2 unspecified atom stereocenters. The summed E-state index contributed by atoms with van der Waals surface area (Å²) < 4.78 is 2.12. The van der Waals surface area contributed by atoms with Crippen molar-refractivity contribution in [3.8, 4) is 11.3 Å². The number of rotatable bonds is 3. The maximum atomic E-state index is 13.6. The molecule has 2 aliphatic rings. The van der Waals surface area contributed by atoms with Gasteiger partial charge in [0, 0.05) is 41.1 Å². The number of para-hydroxylation sites is 1. The van der Waals surface area contributed by atoms with Crippen LogP contribution in [-0.2, 0) is 7.05 Å². The highest BCUT2D eigenvalue weighted by Gasteiger charge is 2.39. The number of aryl methyl sites for hydroxylation is 1. The number of nitrogens with one attached hydrogen (secondary N) is 1. The molecule has 2 bridgehead atoms. The molecule has 2 atom stereocenters. The first-order valence-corrected chi connectivity index (χ1v) is 10.8. The van der Waals surface area contributed by atoms with Gasteiger partial charge >= 0.3 is 0 Å². The molecule has 150 valence electrons. The van der Waals surface area contributed by atoms with Crippen molar-refractivity contribution in [2.24, 2.45) is 7.05 Å². The molecular weight excluding hydrogens is 382 g/mol. The molecule has 0 aliphatic carbocycles. The Bertz CT molecular complexity index is 1060. The van der Waals surface area contributed by atoms with Gasteiger partial charge in [-0.2, -0.15) is 0 Å². The van der Waals surface area contributed by atoms with E-state index in [1.165, 1.54) is 12.8 Å². The van der Waals surface area contributed by atoms with Crippen molar-refractivity contribution in [2.75, 3.05) is 7.05 Å². The molecule has 1 amide bonds. The second-order valence-electron chi connectivity index (χ2n) is 8.50.